The number of aromatic nitrogens is 1. The Morgan fingerprint density at radius 3 is 3.00 bits per heavy atom. The molecule has 0 aliphatic carbocycles. The number of carboxylic acids is 1. The maximum absolute atomic E-state index is 10.6. The van der Waals surface area contributed by atoms with Gasteiger partial charge in [0.05, 0.1) is 18.3 Å². The number of pyridine rings is 1. The minimum atomic E-state index is -0.785. The molecule has 1 heterocycles. The van der Waals surface area contributed by atoms with Crippen molar-refractivity contribution in [2.45, 2.75) is 25.8 Å². The summed E-state index contributed by atoms with van der Waals surface area (Å²) in [5.41, 5.74) is 1.72. The van der Waals surface area contributed by atoms with Gasteiger partial charge in [-0.05, 0) is 25.5 Å². The number of hydrogen-bond donors (Lipinski definition) is 2. The summed E-state index contributed by atoms with van der Waals surface area (Å²) in [4.78, 5) is 15.0. The number of rotatable bonds is 6. The van der Waals surface area contributed by atoms with Gasteiger partial charge in [0.15, 0.2) is 0 Å². The van der Waals surface area contributed by atoms with Gasteiger partial charge in [-0.15, -0.1) is 0 Å². The highest BCUT2D eigenvalue weighted by Gasteiger charge is 2.10. The van der Waals surface area contributed by atoms with Crippen molar-refractivity contribution >= 4 is 22.6 Å². The van der Waals surface area contributed by atoms with Crippen LogP contribution in [-0.2, 0) is 4.79 Å². The van der Waals surface area contributed by atoms with Crippen LogP contribution in [0.15, 0.2) is 30.5 Å². The lowest BCUT2D eigenvalue weighted by Crippen LogP contribution is -2.17. The third kappa shape index (κ3) is 3.38. The van der Waals surface area contributed by atoms with E-state index in [1.807, 2.05) is 31.2 Å². The van der Waals surface area contributed by atoms with E-state index in [0.717, 1.165) is 22.3 Å². The van der Waals surface area contributed by atoms with Gasteiger partial charge >= 0.3 is 5.97 Å². The highest BCUT2D eigenvalue weighted by Crippen LogP contribution is 2.28. The lowest BCUT2D eigenvalue weighted by atomic mass is 10.1. The van der Waals surface area contributed by atoms with Crippen LogP contribution >= 0.6 is 0 Å². The Morgan fingerprint density at radius 1 is 1.50 bits per heavy atom. The van der Waals surface area contributed by atoms with E-state index < -0.39 is 5.97 Å². The molecule has 5 heteroatoms. The van der Waals surface area contributed by atoms with Crippen LogP contribution in [0.4, 0.5) is 5.69 Å². The zero-order chi connectivity index (χ0) is 14.5. The van der Waals surface area contributed by atoms with Crippen LogP contribution in [0.3, 0.4) is 0 Å². The number of nitrogens with one attached hydrogen (secondary N) is 1. The standard InChI is InChI=1S/C15H18N2O3/c1-10(5-6-14(18)19)17-13-9-12(20-2)8-11-4-3-7-16-15(11)13/h3-4,7-10,17H,5-6H2,1-2H3,(H,18,19)/t10-/m1/s1. The van der Waals surface area contributed by atoms with Crippen molar-refractivity contribution in [3.8, 4) is 5.75 Å². The monoisotopic (exact) mass is 274 g/mol. The van der Waals surface area contributed by atoms with Gasteiger partial charge in [-0.1, -0.05) is 6.07 Å². The molecule has 106 valence electrons. The molecule has 0 amide bonds. The molecule has 0 unspecified atom stereocenters. The lowest BCUT2D eigenvalue weighted by molar-refractivity contribution is -0.137. The summed E-state index contributed by atoms with van der Waals surface area (Å²) in [7, 11) is 1.62. The molecule has 0 bridgehead atoms. The fourth-order valence-corrected chi connectivity index (χ4v) is 2.07. The van der Waals surface area contributed by atoms with E-state index in [0.29, 0.717) is 6.42 Å². The van der Waals surface area contributed by atoms with Gasteiger partial charge in [-0.25, -0.2) is 0 Å². The predicted molar refractivity (Wildman–Crippen MR) is 78.2 cm³/mol. The summed E-state index contributed by atoms with van der Waals surface area (Å²) in [6, 6.07) is 7.70. The molecule has 0 aliphatic heterocycles. The van der Waals surface area contributed by atoms with Crippen LogP contribution in [0.1, 0.15) is 19.8 Å². The first kappa shape index (κ1) is 14.1. The summed E-state index contributed by atoms with van der Waals surface area (Å²) in [5, 5.41) is 13.0. The molecular formula is C15H18N2O3. The molecule has 0 fully saturated rings. The van der Waals surface area contributed by atoms with E-state index in [9.17, 15) is 4.79 Å². The molecule has 1 aromatic carbocycles. The summed E-state index contributed by atoms with van der Waals surface area (Å²) in [5.74, 6) is -0.0364. The molecule has 2 N–H and O–H groups in total. The quantitative estimate of drug-likeness (QED) is 0.847. The van der Waals surface area contributed by atoms with Crippen LogP contribution in [0, 0.1) is 0 Å². The van der Waals surface area contributed by atoms with Crippen LogP contribution in [0.5, 0.6) is 5.75 Å². The third-order valence-corrected chi connectivity index (χ3v) is 3.11. The van der Waals surface area contributed by atoms with Gasteiger partial charge in [0, 0.05) is 30.1 Å². The van der Waals surface area contributed by atoms with Gasteiger partial charge in [0.2, 0.25) is 0 Å². The molecule has 0 radical (unpaired) electrons. The molecule has 20 heavy (non-hydrogen) atoms. The second-order valence-corrected chi connectivity index (χ2v) is 4.73. The normalized spacial score (nSPS) is 12.1. The number of methoxy groups -OCH3 is 1. The number of aliphatic carboxylic acids is 1. The van der Waals surface area contributed by atoms with E-state index in [4.69, 9.17) is 9.84 Å². The van der Waals surface area contributed by atoms with Crippen LogP contribution in [-0.4, -0.2) is 29.2 Å². The van der Waals surface area contributed by atoms with Crippen molar-refractivity contribution in [3.63, 3.8) is 0 Å². The Labute approximate surface area is 117 Å². The molecule has 0 saturated heterocycles. The maximum atomic E-state index is 10.6. The second kappa shape index (κ2) is 6.23. The van der Waals surface area contributed by atoms with Gasteiger partial charge in [-0.3, -0.25) is 9.78 Å². The highest BCUT2D eigenvalue weighted by molar-refractivity contribution is 5.91. The number of ether oxygens (including phenoxy) is 1. The number of fused-ring (bicyclic) bond motifs is 1. The zero-order valence-electron chi connectivity index (χ0n) is 11.6. The first-order chi connectivity index (χ1) is 9.60. The van der Waals surface area contributed by atoms with Crippen molar-refractivity contribution in [2.75, 3.05) is 12.4 Å². The Bertz CT molecular complexity index is 613. The average Bonchev–Trinajstić information content (AvgIpc) is 2.45. The Balaban J connectivity index is 2.25. The molecule has 0 saturated carbocycles. The van der Waals surface area contributed by atoms with E-state index >= 15 is 0 Å². The van der Waals surface area contributed by atoms with Crippen LogP contribution < -0.4 is 10.1 Å². The molecular weight excluding hydrogens is 256 g/mol. The van der Waals surface area contributed by atoms with Crippen molar-refractivity contribution in [2.24, 2.45) is 0 Å². The van der Waals surface area contributed by atoms with Gasteiger partial charge < -0.3 is 15.2 Å². The Morgan fingerprint density at radius 2 is 2.30 bits per heavy atom. The fourth-order valence-electron chi connectivity index (χ4n) is 2.07. The van der Waals surface area contributed by atoms with Crippen molar-refractivity contribution in [3.05, 3.63) is 30.5 Å². The van der Waals surface area contributed by atoms with E-state index in [1.165, 1.54) is 0 Å². The second-order valence-electron chi connectivity index (χ2n) is 4.73. The van der Waals surface area contributed by atoms with E-state index in [-0.39, 0.29) is 12.5 Å². The summed E-state index contributed by atoms with van der Waals surface area (Å²) < 4.78 is 5.28. The Hall–Kier alpha value is -2.30. The van der Waals surface area contributed by atoms with Gasteiger partial charge in [0.1, 0.15) is 5.75 Å². The lowest BCUT2D eigenvalue weighted by Gasteiger charge is -2.16. The van der Waals surface area contributed by atoms with E-state index in [2.05, 4.69) is 10.3 Å². The summed E-state index contributed by atoms with van der Waals surface area (Å²) in [6.07, 6.45) is 2.44. The highest BCUT2D eigenvalue weighted by atomic mass is 16.5. The number of benzene rings is 1. The number of carbonyl (C=O) groups is 1. The molecule has 1 atom stereocenters. The average molecular weight is 274 g/mol. The molecule has 0 spiro atoms. The molecule has 1 aromatic heterocycles. The predicted octanol–water partition coefficient (Wildman–Crippen LogP) is 2.91. The van der Waals surface area contributed by atoms with Crippen molar-refractivity contribution in [1.29, 1.82) is 0 Å². The minimum Gasteiger partial charge on any atom is -0.497 e. The van der Waals surface area contributed by atoms with Gasteiger partial charge in [-0.2, -0.15) is 0 Å². The third-order valence-electron chi connectivity index (χ3n) is 3.11. The van der Waals surface area contributed by atoms with Gasteiger partial charge in [0.25, 0.3) is 0 Å². The van der Waals surface area contributed by atoms with Crippen LogP contribution in [0.2, 0.25) is 0 Å². The van der Waals surface area contributed by atoms with Crippen molar-refractivity contribution < 1.29 is 14.6 Å². The van der Waals surface area contributed by atoms with Crippen LogP contribution in [0.25, 0.3) is 10.9 Å². The number of carboxylic acid groups (broad SMARTS) is 1. The SMILES string of the molecule is COc1cc(N[C@H](C)CCC(=O)O)c2ncccc2c1. The van der Waals surface area contributed by atoms with E-state index in [1.54, 1.807) is 13.3 Å². The molecule has 5 nitrogen and oxygen atoms in total. The van der Waals surface area contributed by atoms with Crippen molar-refractivity contribution in [1.82, 2.24) is 4.98 Å². The smallest absolute Gasteiger partial charge is 0.303 e. The summed E-state index contributed by atoms with van der Waals surface area (Å²) in [6.45, 7) is 1.96. The first-order valence-corrected chi connectivity index (χ1v) is 6.51. The number of anilines is 1. The topological polar surface area (TPSA) is 71.5 Å². The fraction of sp³-hybridized carbons (Fsp3) is 0.333. The number of hydrogen-bond acceptors (Lipinski definition) is 4. The number of nitrogens with zero attached hydrogens (tertiary/aromatic N) is 1. The maximum Gasteiger partial charge on any atom is 0.303 e. The largest absolute Gasteiger partial charge is 0.497 e. The molecule has 2 aromatic rings. The minimum absolute atomic E-state index is 0.0448. The Kier molecular flexibility index (Phi) is 4.40. The first-order valence-electron chi connectivity index (χ1n) is 6.51. The zero-order valence-corrected chi connectivity index (χ0v) is 11.6. The molecule has 0 aliphatic rings. The molecule has 2 rings (SSSR count). The summed E-state index contributed by atoms with van der Waals surface area (Å²) >= 11 is 0.